The van der Waals surface area contributed by atoms with Crippen LogP contribution in [0, 0.1) is 5.82 Å². The molecule has 0 radical (unpaired) electrons. The first-order chi connectivity index (χ1) is 11.5. The van der Waals surface area contributed by atoms with E-state index < -0.39 is 11.8 Å². The summed E-state index contributed by atoms with van der Waals surface area (Å²) >= 11 is 6.04. The fourth-order valence-corrected chi connectivity index (χ4v) is 2.27. The summed E-state index contributed by atoms with van der Waals surface area (Å²) in [6, 6.07) is 6.78. The Bertz CT molecular complexity index is 753. The van der Waals surface area contributed by atoms with Gasteiger partial charge in [-0.15, -0.1) is 0 Å². The second kappa shape index (κ2) is 8.14. The lowest BCUT2D eigenvalue weighted by atomic mass is 9.84. The van der Waals surface area contributed by atoms with Crippen molar-refractivity contribution in [3.8, 4) is 11.5 Å². The van der Waals surface area contributed by atoms with E-state index in [0.29, 0.717) is 16.8 Å². The zero-order chi connectivity index (χ0) is 17.7. The summed E-state index contributed by atoms with van der Waals surface area (Å²) in [5, 5.41) is 18.5. The van der Waals surface area contributed by atoms with Crippen LogP contribution in [0.25, 0.3) is 0 Å². The summed E-state index contributed by atoms with van der Waals surface area (Å²) in [5.74, 6) is -1.30. The monoisotopic (exact) mass is 352 g/mol. The third-order valence-electron chi connectivity index (χ3n) is 3.26. The van der Waals surface area contributed by atoms with Crippen molar-refractivity contribution >= 4 is 30.5 Å². The van der Waals surface area contributed by atoms with Gasteiger partial charge in [0.05, 0.1) is 23.8 Å². The number of benzene rings is 2. The Balaban J connectivity index is 2.30. The van der Waals surface area contributed by atoms with Crippen molar-refractivity contribution in [3.05, 3.63) is 52.3 Å². The normalized spacial score (nSPS) is 10.4. The van der Waals surface area contributed by atoms with Gasteiger partial charge >= 0.3 is 13.5 Å². The third-order valence-corrected chi connectivity index (χ3v) is 3.56. The van der Waals surface area contributed by atoms with Crippen LogP contribution in [0.15, 0.2) is 30.3 Å². The van der Waals surface area contributed by atoms with Crippen LogP contribution >= 0.6 is 11.6 Å². The van der Waals surface area contributed by atoms with Crippen molar-refractivity contribution in [1.29, 1.82) is 0 Å². The maximum atomic E-state index is 14.1. The van der Waals surface area contributed by atoms with Crippen molar-refractivity contribution in [2.45, 2.75) is 13.5 Å². The molecule has 0 aliphatic carbocycles. The molecule has 0 aliphatic heterocycles. The van der Waals surface area contributed by atoms with Gasteiger partial charge in [-0.05, 0) is 36.1 Å². The molecule has 0 aromatic heterocycles. The lowest BCUT2D eigenvalue weighted by Crippen LogP contribution is -2.18. The second-order valence-corrected chi connectivity index (χ2v) is 5.24. The minimum Gasteiger partial charge on any atom is -0.462 e. The summed E-state index contributed by atoms with van der Waals surface area (Å²) in [4.78, 5) is 11.6. The van der Waals surface area contributed by atoms with Crippen LogP contribution < -0.4 is 10.2 Å². The molecule has 0 amide bonds. The zero-order valence-corrected chi connectivity index (χ0v) is 13.6. The van der Waals surface area contributed by atoms with E-state index in [-0.39, 0.29) is 37.0 Å². The van der Waals surface area contributed by atoms with Crippen molar-refractivity contribution < 1.29 is 28.8 Å². The van der Waals surface area contributed by atoms with Gasteiger partial charge in [0.2, 0.25) is 0 Å². The van der Waals surface area contributed by atoms with Crippen molar-refractivity contribution in [2.75, 3.05) is 6.61 Å². The largest absolute Gasteiger partial charge is 0.462 e. The van der Waals surface area contributed by atoms with Gasteiger partial charge in [-0.3, -0.25) is 0 Å². The predicted octanol–water partition coefficient (Wildman–Crippen LogP) is 1.91. The maximum absolute atomic E-state index is 14.1. The summed E-state index contributed by atoms with van der Waals surface area (Å²) in [6.45, 7) is 1.45. The van der Waals surface area contributed by atoms with E-state index in [1.807, 2.05) is 0 Å². The highest BCUT2D eigenvalue weighted by atomic mass is 35.5. The van der Waals surface area contributed by atoms with Crippen LogP contribution in [-0.2, 0) is 11.3 Å². The molecule has 0 saturated carbocycles. The Morgan fingerprint density at radius 1 is 1.33 bits per heavy atom. The summed E-state index contributed by atoms with van der Waals surface area (Å²) in [7, 11) is -0.222. The van der Waals surface area contributed by atoms with E-state index in [9.17, 15) is 19.3 Å². The van der Waals surface area contributed by atoms with Gasteiger partial charge in [-0.25, -0.2) is 9.18 Å². The molecule has 0 aliphatic rings. The molecule has 0 bridgehead atoms. The molecular weight excluding hydrogens is 337 g/mol. The quantitative estimate of drug-likeness (QED) is 0.613. The maximum Gasteiger partial charge on any atom is 0.341 e. The lowest BCUT2D eigenvalue weighted by molar-refractivity contribution is 0.0521. The van der Waals surface area contributed by atoms with Gasteiger partial charge in [-0.1, -0.05) is 17.7 Å². The van der Waals surface area contributed by atoms with E-state index in [4.69, 9.17) is 21.1 Å². The minimum absolute atomic E-state index is 0.0165. The number of halogens is 2. The number of aliphatic hydroxyl groups excluding tert-OH is 1. The Morgan fingerprint density at radius 2 is 2.08 bits per heavy atom. The molecule has 0 atom stereocenters. The molecule has 8 heteroatoms. The van der Waals surface area contributed by atoms with E-state index in [0.717, 1.165) is 12.1 Å². The van der Waals surface area contributed by atoms with Crippen LogP contribution in [-0.4, -0.2) is 30.2 Å². The SMILES string of the molecule is CCOC(=O)c1cc(Cl)c(Oc2ccc(BO)c(CO)c2)cc1F. The Labute approximate surface area is 143 Å². The number of carbonyl (C=O) groups excluding carboxylic acids is 1. The molecule has 2 rings (SSSR count). The first kappa shape index (κ1) is 18.3. The van der Waals surface area contributed by atoms with Gasteiger partial charge in [0.1, 0.15) is 17.3 Å². The van der Waals surface area contributed by atoms with Gasteiger partial charge in [-0.2, -0.15) is 0 Å². The fraction of sp³-hybridized carbons (Fsp3) is 0.188. The first-order valence-electron chi connectivity index (χ1n) is 7.17. The van der Waals surface area contributed by atoms with E-state index >= 15 is 0 Å². The number of rotatable bonds is 6. The minimum atomic E-state index is -0.817. The van der Waals surface area contributed by atoms with E-state index in [1.54, 1.807) is 19.1 Å². The average molecular weight is 353 g/mol. The molecular formula is C16H15BClFO5. The number of carbonyl (C=O) groups is 1. The van der Waals surface area contributed by atoms with Gasteiger partial charge in [0.15, 0.2) is 0 Å². The molecule has 2 N–H and O–H groups in total. The van der Waals surface area contributed by atoms with Crippen LogP contribution in [0.3, 0.4) is 0 Å². The molecule has 2 aromatic rings. The van der Waals surface area contributed by atoms with Gasteiger partial charge in [0, 0.05) is 6.07 Å². The Kier molecular flexibility index (Phi) is 6.19. The first-order valence-corrected chi connectivity index (χ1v) is 7.55. The van der Waals surface area contributed by atoms with Crippen molar-refractivity contribution in [3.63, 3.8) is 0 Å². The van der Waals surface area contributed by atoms with Gasteiger partial charge < -0.3 is 19.6 Å². The molecule has 0 fully saturated rings. The number of ether oxygens (including phenoxy) is 2. The molecule has 5 nitrogen and oxygen atoms in total. The molecule has 126 valence electrons. The highest BCUT2D eigenvalue weighted by Gasteiger charge is 2.17. The Hall–Kier alpha value is -2.09. The van der Waals surface area contributed by atoms with Crippen LogP contribution in [0.1, 0.15) is 22.8 Å². The van der Waals surface area contributed by atoms with Crippen molar-refractivity contribution in [2.24, 2.45) is 0 Å². The molecule has 0 unspecified atom stereocenters. The van der Waals surface area contributed by atoms with Crippen molar-refractivity contribution in [1.82, 2.24) is 0 Å². The standard InChI is InChI=1S/C16H15BClFO5/c1-2-23-16(21)11-6-13(18)15(7-14(11)19)24-10-3-4-12(17-22)9(5-10)8-20/h3-7,17,20,22H,2,8H2,1H3. The summed E-state index contributed by atoms with van der Waals surface area (Å²) in [6.07, 6.45) is 0. The lowest BCUT2D eigenvalue weighted by Gasteiger charge is -2.12. The number of hydrogen-bond acceptors (Lipinski definition) is 5. The fourth-order valence-electron chi connectivity index (χ4n) is 2.07. The summed E-state index contributed by atoms with van der Waals surface area (Å²) in [5.41, 5.74) is 0.760. The second-order valence-electron chi connectivity index (χ2n) is 4.83. The molecule has 0 saturated heterocycles. The predicted molar refractivity (Wildman–Crippen MR) is 88.8 cm³/mol. The molecule has 0 heterocycles. The highest BCUT2D eigenvalue weighted by Crippen LogP contribution is 2.32. The van der Waals surface area contributed by atoms with Crippen LogP contribution in [0.2, 0.25) is 5.02 Å². The molecule has 24 heavy (non-hydrogen) atoms. The smallest absolute Gasteiger partial charge is 0.341 e. The summed E-state index contributed by atoms with van der Waals surface area (Å²) < 4.78 is 24.3. The van der Waals surface area contributed by atoms with E-state index in [2.05, 4.69) is 0 Å². The average Bonchev–Trinajstić information content (AvgIpc) is 2.57. The third kappa shape index (κ3) is 4.06. The number of hydrogen-bond donors (Lipinski definition) is 2. The highest BCUT2D eigenvalue weighted by molar-refractivity contribution is 6.46. The van der Waals surface area contributed by atoms with Crippen LogP contribution in [0.5, 0.6) is 11.5 Å². The topological polar surface area (TPSA) is 76.0 Å². The zero-order valence-electron chi connectivity index (χ0n) is 12.9. The van der Waals surface area contributed by atoms with E-state index in [1.165, 1.54) is 6.07 Å². The number of esters is 1. The number of aliphatic hydroxyl groups is 1. The Morgan fingerprint density at radius 3 is 2.71 bits per heavy atom. The van der Waals surface area contributed by atoms with Crippen LogP contribution in [0.4, 0.5) is 4.39 Å². The molecule has 0 spiro atoms. The molecule has 2 aromatic carbocycles. The van der Waals surface area contributed by atoms with Gasteiger partial charge in [0.25, 0.3) is 0 Å².